The Hall–Kier alpha value is -1.36. The summed E-state index contributed by atoms with van der Waals surface area (Å²) < 4.78 is 2.41. The van der Waals surface area contributed by atoms with Gasteiger partial charge in [0.15, 0.2) is 5.69 Å². The van der Waals surface area contributed by atoms with E-state index in [0.717, 1.165) is 10.0 Å². The number of nitrogens with zero attached hydrogens (tertiary/aromatic N) is 2. The lowest BCUT2D eigenvalue weighted by Gasteiger charge is -2.00. The molecule has 0 saturated carbocycles. The van der Waals surface area contributed by atoms with Gasteiger partial charge in [-0.15, -0.1) is 0 Å². The van der Waals surface area contributed by atoms with Gasteiger partial charge in [-0.25, -0.2) is 9.78 Å². The SMILES string of the molecule is Cc1cc2ncc(C(=O)O)n2cc1Br. The molecule has 0 aliphatic carbocycles. The van der Waals surface area contributed by atoms with Gasteiger partial charge in [-0.2, -0.15) is 0 Å². The summed E-state index contributed by atoms with van der Waals surface area (Å²) in [4.78, 5) is 14.8. The molecule has 0 aliphatic heterocycles. The number of aromatic nitrogens is 2. The molecule has 2 aromatic heterocycles. The van der Waals surface area contributed by atoms with E-state index >= 15 is 0 Å². The Kier molecular flexibility index (Phi) is 2.03. The highest BCUT2D eigenvalue weighted by atomic mass is 79.9. The summed E-state index contributed by atoms with van der Waals surface area (Å²) in [5.41, 5.74) is 1.84. The molecule has 0 atom stereocenters. The van der Waals surface area contributed by atoms with Crippen molar-refractivity contribution in [2.45, 2.75) is 6.92 Å². The third-order valence-electron chi connectivity index (χ3n) is 2.01. The molecule has 0 radical (unpaired) electrons. The molecule has 5 heteroatoms. The summed E-state index contributed by atoms with van der Waals surface area (Å²) in [6.45, 7) is 1.93. The molecule has 1 N–H and O–H groups in total. The molecule has 0 fully saturated rings. The highest BCUT2D eigenvalue weighted by Gasteiger charge is 2.10. The predicted octanol–water partition coefficient (Wildman–Crippen LogP) is 2.10. The second-order valence-corrected chi connectivity index (χ2v) is 3.84. The van der Waals surface area contributed by atoms with E-state index in [4.69, 9.17) is 5.11 Å². The van der Waals surface area contributed by atoms with E-state index in [1.165, 1.54) is 6.20 Å². The van der Waals surface area contributed by atoms with E-state index in [1.54, 1.807) is 10.6 Å². The van der Waals surface area contributed by atoms with Crippen molar-refractivity contribution in [1.29, 1.82) is 0 Å². The molecule has 2 rings (SSSR count). The number of hydrogen-bond acceptors (Lipinski definition) is 2. The zero-order valence-electron chi connectivity index (χ0n) is 7.36. The van der Waals surface area contributed by atoms with Crippen LogP contribution in [0.5, 0.6) is 0 Å². The van der Waals surface area contributed by atoms with E-state index in [-0.39, 0.29) is 5.69 Å². The van der Waals surface area contributed by atoms with E-state index in [2.05, 4.69) is 20.9 Å². The molecule has 0 spiro atoms. The summed E-state index contributed by atoms with van der Waals surface area (Å²) in [6, 6.07) is 1.83. The van der Waals surface area contributed by atoms with Crippen molar-refractivity contribution in [3.05, 3.63) is 34.2 Å². The van der Waals surface area contributed by atoms with Crippen LogP contribution < -0.4 is 0 Å². The summed E-state index contributed by atoms with van der Waals surface area (Å²) in [5.74, 6) is -0.978. The van der Waals surface area contributed by atoms with Gasteiger partial charge in [-0.1, -0.05) is 0 Å². The number of pyridine rings is 1. The quantitative estimate of drug-likeness (QED) is 0.848. The van der Waals surface area contributed by atoms with E-state index in [0.29, 0.717) is 5.65 Å². The van der Waals surface area contributed by atoms with Gasteiger partial charge in [0.2, 0.25) is 0 Å². The van der Waals surface area contributed by atoms with Crippen LogP contribution in [0, 0.1) is 6.92 Å². The maximum Gasteiger partial charge on any atom is 0.354 e. The predicted molar refractivity (Wildman–Crippen MR) is 54.6 cm³/mol. The molecule has 72 valence electrons. The first-order valence-electron chi connectivity index (χ1n) is 3.96. The standard InChI is InChI=1S/C9H7BrN2O2/c1-5-2-8-11-3-7(9(13)14)12(8)4-6(5)10/h2-4H,1H3,(H,13,14). The van der Waals surface area contributed by atoms with Gasteiger partial charge >= 0.3 is 5.97 Å². The van der Waals surface area contributed by atoms with Crippen molar-refractivity contribution in [3.8, 4) is 0 Å². The van der Waals surface area contributed by atoms with Crippen LogP contribution in [0.15, 0.2) is 22.9 Å². The van der Waals surface area contributed by atoms with Gasteiger partial charge in [-0.05, 0) is 34.5 Å². The summed E-state index contributed by atoms with van der Waals surface area (Å²) in [6.07, 6.45) is 3.06. The van der Waals surface area contributed by atoms with Crippen LogP contribution in [-0.4, -0.2) is 20.5 Å². The number of fused-ring (bicyclic) bond motifs is 1. The van der Waals surface area contributed by atoms with E-state index in [1.807, 2.05) is 13.0 Å². The second kappa shape index (κ2) is 3.09. The number of carbonyl (C=O) groups is 1. The summed E-state index contributed by atoms with van der Waals surface area (Å²) >= 11 is 3.34. The monoisotopic (exact) mass is 254 g/mol. The third-order valence-corrected chi connectivity index (χ3v) is 2.84. The van der Waals surface area contributed by atoms with Crippen LogP contribution in [-0.2, 0) is 0 Å². The van der Waals surface area contributed by atoms with Crippen molar-refractivity contribution in [1.82, 2.24) is 9.38 Å². The van der Waals surface area contributed by atoms with Gasteiger partial charge in [0.25, 0.3) is 0 Å². The molecule has 0 amide bonds. The normalized spacial score (nSPS) is 10.7. The lowest BCUT2D eigenvalue weighted by Crippen LogP contribution is -2.01. The number of imidazole rings is 1. The van der Waals surface area contributed by atoms with Gasteiger partial charge in [0.05, 0.1) is 6.20 Å². The van der Waals surface area contributed by atoms with Gasteiger partial charge in [0, 0.05) is 10.7 Å². The second-order valence-electron chi connectivity index (χ2n) is 2.98. The molecule has 0 saturated heterocycles. The van der Waals surface area contributed by atoms with Gasteiger partial charge < -0.3 is 5.11 Å². The molecular formula is C9H7BrN2O2. The van der Waals surface area contributed by atoms with Crippen molar-refractivity contribution in [3.63, 3.8) is 0 Å². The van der Waals surface area contributed by atoms with Crippen LogP contribution in [0.2, 0.25) is 0 Å². The molecular weight excluding hydrogens is 248 g/mol. The number of rotatable bonds is 1. The number of aryl methyl sites for hydroxylation is 1. The fourth-order valence-corrected chi connectivity index (χ4v) is 1.57. The zero-order chi connectivity index (χ0) is 10.3. The average Bonchev–Trinajstić information content (AvgIpc) is 2.48. The first kappa shape index (κ1) is 9.21. The molecule has 0 unspecified atom stereocenters. The molecule has 4 nitrogen and oxygen atoms in total. The Labute approximate surface area is 88.3 Å². The topological polar surface area (TPSA) is 54.6 Å². The van der Waals surface area contributed by atoms with Crippen molar-refractivity contribution >= 4 is 27.5 Å². The number of aromatic carboxylic acids is 1. The van der Waals surface area contributed by atoms with E-state index < -0.39 is 5.97 Å². The maximum absolute atomic E-state index is 10.8. The lowest BCUT2D eigenvalue weighted by atomic mass is 10.3. The van der Waals surface area contributed by atoms with Crippen LogP contribution in [0.1, 0.15) is 16.1 Å². The van der Waals surface area contributed by atoms with Crippen LogP contribution in [0.4, 0.5) is 0 Å². The number of hydrogen-bond donors (Lipinski definition) is 1. The molecule has 0 aliphatic rings. The van der Waals surface area contributed by atoms with Crippen molar-refractivity contribution in [2.75, 3.05) is 0 Å². The van der Waals surface area contributed by atoms with Crippen molar-refractivity contribution < 1.29 is 9.90 Å². The highest BCUT2D eigenvalue weighted by molar-refractivity contribution is 9.10. The maximum atomic E-state index is 10.8. The number of halogens is 1. The van der Waals surface area contributed by atoms with Crippen molar-refractivity contribution in [2.24, 2.45) is 0 Å². The minimum atomic E-state index is -0.978. The Morgan fingerprint density at radius 2 is 2.36 bits per heavy atom. The largest absolute Gasteiger partial charge is 0.477 e. The average molecular weight is 255 g/mol. The van der Waals surface area contributed by atoms with Gasteiger partial charge in [0.1, 0.15) is 5.65 Å². The Morgan fingerprint density at radius 3 is 3.00 bits per heavy atom. The highest BCUT2D eigenvalue weighted by Crippen LogP contribution is 2.18. The summed E-state index contributed by atoms with van der Waals surface area (Å²) in [5, 5.41) is 8.86. The fourth-order valence-electron chi connectivity index (χ4n) is 1.25. The van der Waals surface area contributed by atoms with Gasteiger partial charge in [-0.3, -0.25) is 4.40 Å². The van der Waals surface area contributed by atoms with Crippen LogP contribution >= 0.6 is 15.9 Å². The first-order chi connectivity index (χ1) is 6.59. The fraction of sp³-hybridized carbons (Fsp3) is 0.111. The molecule has 2 heterocycles. The smallest absolute Gasteiger partial charge is 0.354 e. The minimum Gasteiger partial charge on any atom is -0.477 e. The summed E-state index contributed by atoms with van der Waals surface area (Å²) in [7, 11) is 0. The Morgan fingerprint density at radius 1 is 1.64 bits per heavy atom. The van der Waals surface area contributed by atoms with Crippen LogP contribution in [0.25, 0.3) is 5.65 Å². The first-order valence-corrected chi connectivity index (χ1v) is 4.75. The number of carboxylic acid groups (broad SMARTS) is 1. The van der Waals surface area contributed by atoms with E-state index in [9.17, 15) is 4.79 Å². The molecule has 0 bridgehead atoms. The lowest BCUT2D eigenvalue weighted by molar-refractivity contribution is 0.0689. The molecule has 14 heavy (non-hydrogen) atoms. The number of carboxylic acids is 1. The molecule has 0 aromatic carbocycles. The van der Waals surface area contributed by atoms with Crippen LogP contribution in [0.3, 0.4) is 0 Å². The minimum absolute atomic E-state index is 0.167. The Balaban J connectivity index is 2.80. The third kappa shape index (κ3) is 1.29. The Bertz CT molecular complexity index is 519. The molecule has 2 aromatic rings. The zero-order valence-corrected chi connectivity index (χ0v) is 8.95.